The molecule has 1 amide bonds. The molecule has 0 aliphatic heterocycles. The standard InChI is InChI=1S/C13H26N2OS.ClH/c1-10-4-3-5-11(8-10)9-15-13(16)12(14)6-7-17-2;/h10-12H,3-9,14H2,1-2H3,(H,15,16);1H/t10?,11?,12-;/m0./s1. The lowest BCUT2D eigenvalue weighted by Gasteiger charge is -2.27. The van der Waals surface area contributed by atoms with E-state index in [0.29, 0.717) is 5.92 Å². The third kappa shape index (κ3) is 6.86. The molecule has 3 nitrogen and oxygen atoms in total. The predicted molar refractivity (Wildman–Crippen MR) is 82.4 cm³/mol. The molecule has 0 aromatic carbocycles. The maximum absolute atomic E-state index is 11.7. The average Bonchev–Trinajstić information content (AvgIpc) is 2.33. The Bertz CT molecular complexity index is 241. The van der Waals surface area contributed by atoms with Gasteiger partial charge in [0.2, 0.25) is 5.91 Å². The Morgan fingerprint density at radius 1 is 1.50 bits per heavy atom. The quantitative estimate of drug-likeness (QED) is 0.791. The SMILES string of the molecule is CSCC[C@H](N)C(=O)NCC1CCCC(C)C1.Cl. The van der Waals surface area contributed by atoms with Crippen LogP contribution >= 0.6 is 24.2 Å². The van der Waals surface area contributed by atoms with Gasteiger partial charge < -0.3 is 11.1 Å². The number of hydrogen-bond donors (Lipinski definition) is 2. The summed E-state index contributed by atoms with van der Waals surface area (Å²) in [6, 6.07) is -0.330. The molecule has 3 atom stereocenters. The first kappa shape index (κ1) is 18.1. The lowest BCUT2D eigenvalue weighted by atomic mass is 9.82. The van der Waals surface area contributed by atoms with Gasteiger partial charge in [-0.25, -0.2) is 0 Å². The topological polar surface area (TPSA) is 55.1 Å². The van der Waals surface area contributed by atoms with E-state index in [9.17, 15) is 4.79 Å². The second-order valence-electron chi connectivity index (χ2n) is 5.27. The zero-order valence-corrected chi connectivity index (χ0v) is 13.1. The summed E-state index contributed by atoms with van der Waals surface area (Å²) in [5, 5.41) is 3.01. The first-order chi connectivity index (χ1) is 8.13. The molecule has 0 radical (unpaired) electrons. The molecule has 108 valence electrons. The second-order valence-corrected chi connectivity index (χ2v) is 6.26. The minimum atomic E-state index is -0.330. The maximum atomic E-state index is 11.7. The summed E-state index contributed by atoms with van der Waals surface area (Å²) in [4.78, 5) is 11.7. The molecule has 1 aliphatic rings. The summed E-state index contributed by atoms with van der Waals surface area (Å²) in [5.74, 6) is 2.46. The van der Waals surface area contributed by atoms with E-state index in [0.717, 1.165) is 24.6 Å². The zero-order valence-electron chi connectivity index (χ0n) is 11.5. The molecule has 0 aromatic rings. The van der Waals surface area contributed by atoms with Crippen molar-refractivity contribution in [1.82, 2.24) is 5.32 Å². The number of nitrogens with two attached hydrogens (primary N) is 1. The van der Waals surface area contributed by atoms with Gasteiger partial charge in [-0.1, -0.05) is 19.8 Å². The first-order valence-corrected chi connectivity index (χ1v) is 8.05. The Morgan fingerprint density at radius 3 is 2.83 bits per heavy atom. The number of thioether (sulfide) groups is 1. The lowest BCUT2D eigenvalue weighted by molar-refractivity contribution is -0.122. The van der Waals surface area contributed by atoms with Gasteiger partial charge in [-0.05, 0) is 43.1 Å². The number of nitrogens with one attached hydrogen (secondary N) is 1. The van der Waals surface area contributed by atoms with Crippen molar-refractivity contribution in [2.75, 3.05) is 18.6 Å². The largest absolute Gasteiger partial charge is 0.354 e. The molecule has 0 spiro atoms. The fraction of sp³-hybridized carbons (Fsp3) is 0.923. The van der Waals surface area contributed by atoms with Crippen molar-refractivity contribution in [1.29, 1.82) is 0 Å². The molecule has 1 aliphatic carbocycles. The van der Waals surface area contributed by atoms with Gasteiger partial charge in [-0.2, -0.15) is 11.8 Å². The molecule has 1 saturated carbocycles. The van der Waals surface area contributed by atoms with Gasteiger partial charge in [-0.3, -0.25) is 4.79 Å². The molecule has 0 aromatic heterocycles. The predicted octanol–water partition coefficient (Wildman–Crippen LogP) is 2.43. The van der Waals surface area contributed by atoms with Gasteiger partial charge in [-0.15, -0.1) is 12.4 Å². The Morgan fingerprint density at radius 2 is 2.22 bits per heavy atom. The summed E-state index contributed by atoms with van der Waals surface area (Å²) in [6.07, 6.45) is 7.96. The summed E-state index contributed by atoms with van der Waals surface area (Å²) in [7, 11) is 0. The van der Waals surface area contributed by atoms with E-state index in [2.05, 4.69) is 12.2 Å². The Kier molecular flexibility index (Phi) is 9.97. The highest BCUT2D eigenvalue weighted by Crippen LogP contribution is 2.27. The molecule has 0 heterocycles. The van der Waals surface area contributed by atoms with Crippen LogP contribution in [0.1, 0.15) is 39.0 Å². The van der Waals surface area contributed by atoms with Crippen LogP contribution in [0.3, 0.4) is 0 Å². The summed E-state index contributed by atoms with van der Waals surface area (Å²) < 4.78 is 0. The minimum absolute atomic E-state index is 0. The Balaban J connectivity index is 0.00000289. The summed E-state index contributed by atoms with van der Waals surface area (Å²) in [6.45, 7) is 3.12. The van der Waals surface area contributed by atoms with E-state index in [1.54, 1.807) is 11.8 Å². The zero-order chi connectivity index (χ0) is 12.7. The van der Waals surface area contributed by atoms with Crippen LogP contribution in [0.2, 0.25) is 0 Å². The van der Waals surface area contributed by atoms with Crippen molar-refractivity contribution in [2.24, 2.45) is 17.6 Å². The van der Waals surface area contributed by atoms with E-state index in [4.69, 9.17) is 5.73 Å². The van der Waals surface area contributed by atoms with Crippen LogP contribution in [0.15, 0.2) is 0 Å². The van der Waals surface area contributed by atoms with Crippen molar-refractivity contribution in [2.45, 2.75) is 45.1 Å². The van der Waals surface area contributed by atoms with Gasteiger partial charge in [0.1, 0.15) is 0 Å². The Labute approximate surface area is 121 Å². The molecule has 0 bridgehead atoms. The molecular formula is C13H27ClN2OS. The van der Waals surface area contributed by atoms with Crippen molar-refractivity contribution in [3.05, 3.63) is 0 Å². The molecule has 1 rings (SSSR count). The average molecular weight is 295 g/mol. The highest BCUT2D eigenvalue weighted by atomic mass is 35.5. The van der Waals surface area contributed by atoms with Crippen LogP contribution in [0.4, 0.5) is 0 Å². The molecule has 5 heteroatoms. The number of carbonyl (C=O) groups excluding carboxylic acids is 1. The van der Waals surface area contributed by atoms with Gasteiger partial charge in [0.05, 0.1) is 6.04 Å². The third-order valence-corrected chi connectivity index (χ3v) is 4.22. The highest BCUT2D eigenvalue weighted by molar-refractivity contribution is 7.98. The molecule has 18 heavy (non-hydrogen) atoms. The number of halogens is 1. The second kappa shape index (κ2) is 9.93. The number of rotatable bonds is 6. The molecule has 1 fully saturated rings. The van der Waals surface area contributed by atoms with Crippen molar-refractivity contribution >= 4 is 30.1 Å². The van der Waals surface area contributed by atoms with Crippen LogP contribution in [-0.4, -0.2) is 30.5 Å². The molecular weight excluding hydrogens is 268 g/mol. The van der Waals surface area contributed by atoms with Crippen molar-refractivity contribution in [3.8, 4) is 0 Å². The summed E-state index contributed by atoms with van der Waals surface area (Å²) in [5.41, 5.74) is 5.82. The van der Waals surface area contributed by atoms with Gasteiger partial charge in [0, 0.05) is 6.54 Å². The fourth-order valence-electron chi connectivity index (χ4n) is 2.50. The Hall–Kier alpha value is 0.0700. The first-order valence-electron chi connectivity index (χ1n) is 6.65. The summed E-state index contributed by atoms with van der Waals surface area (Å²) >= 11 is 1.73. The number of carbonyl (C=O) groups is 1. The maximum Gasteiger partial charge on any atom is 0.236 e. The van der Waals surface area contributed by atoms with Crippen LogP contribution in [0, 0.1) is 11.8 Å². The van der Waals surface area contributed by atoms with Crippen LogP contribution in [0.25, 0.3) is 0 Å². The molecule has 0 saturated heterocycles. The number of amides is 1. The molecule has 2 unspecified atom stereocenters. The van der Waals surface area contributed by atoms with Crippen LogP contribution < -0.4 is 11.1 Å². The van der Waals surface area contributed by atoms with E-state index in [1.807, 2.05) is 6.26 Å². The number of hydrogen-bond acceptors (Lipinski definition) is 3. The van der Waals surface area contributed by atoms with Crippen molar-refractivity contribution in [3.63, 3.8) is 0 Å². The third-order valence-electron chi connectivity index (χ3n) is 3.58. The lowest BCUT2D eigenvalue weighted by Crippen LogP contribution is -2.43. The van der Waals surface area contributed by atoms with Gasteiger partial charge in [0.25, 0.3) is 0 Å². The minimum Gasteiger partial charge on any atom is -0.354 e. The van der Waals surface area contributed by atoms with Crippen molar-refractivity contribution < 1.29 is 4.79 Å². The highest BCUT2D eigenvalue weighted by Gasteiger charge is 2.20. The van der Waals surface area contributed by atoms with Crippen LogP contribution in [-0.2, 0) is 4.79 Å². The normalized spacial score (nSPS) is 25.1. The van der Waals surface area contributed by atoms with Crippen LogP contribution in [0.5, 0.6) is 0 Å². The smallest absolute Gasteiger partial charge is 0.236 e. The fourth-order valence-corrected chi connectivity index (χ4v) is 2.99. The van der Waals surface area contributed by atoms with E-state index in [-0.39, 0.29) is 24.4 Å². The monoisotopic (exact) mass is 294 g/mol. The van der Waals surface area contributed by atoms with Gasteiger partial charge >= 0.3 is 0 Å². The van der Waals surface area contributed by atoms with E-state index in [1.165, 1.54) is 25.7 Å². The molecule has 3 N–H and O–H groups in total. The van der Waals surface area contributed by atoms with E-state index >= 15 is 0 Å². The van der Waals surface area contributed by atoms with E-state index < -0.39 is 0 Å². The van der Waals surface area contributed by atoms with Gasteiger partial charge in [0.15, 0.2) is 0 Å².